The summed E-state index contributed by atoms with van der Waals surface area (Å²) in [4.78, 5) is 0. The summed E-state index contributed by atoms with van der Waals surface area (Å²) in [6.07, 6.45) is 24.9. The van der Waals surface area contributed by atoms with Crippen molar-refractivity contribution in [2.75, 3.05) is 0 Å². The third kappa shape index (κ3) is 20.7. The number of hydrogen-bond acceptors (Lipinski definition) is 0. The summed E-state index contributed by atoms with van der Waals surface area (Å²) in [6, 6.07) is 0. The van der Waals surface area contributed by atoms with Gasteiger partial charge in [0, 0.05) is 0 Å². The average Bonchev–Trinajstić information content (AvgIpc) is 2.43. The summed E-state index contributed by atoms with van der Waals surface area (Å²) in [7, 11) is 0. The van der Waals surface area contributed by atoms with Crippen LogP contribution in [0.1, 0.15) is 123 Å². The standard InChI is InChI=1S/C19H40.H2S/c1-3-5-7-9-11-13-15-17-19-18-16-14-12-10-8-6-4-2;/h3-19H2,1-2H3;1H2. The second kappa shape index (κ2) is 21.6. The molecule has 0 aromatic carbocycles. The molecule has 0 fully saturated rings. The molecule has 0 amide bonds. The molecule has 0 nitrogen and oxygen atoms in total. The lowest BCUT2D eigenvalue weighted by Gasteiger charge is -2.03. The normalized spacial score (nSPS) is 10.5. The molecule has 20 heavy (non-hydrogen) atoms. The topological polar surface area (TPSA) is 0 Å². The van der Waals surface area contributed by atoms with Crippen molar-refractivity contribution in [1.29, 1.82) is 0 Å². The van der Waals surface area contributed by atoms with Crippen molar-refractivity contribution in [2.24, 2.45) is 0 Å². The van der Waals surface area contributed by atoms with E-state index in [9.17, 15) is 0 Å². The Kier molecular flexibility index (Phi) is 24.5. The molecule has 0 saturated heterocycles. The molecular formula is C19H42S. The van der Waals surface area contributed by atoms with Gasteiger partial charge in [-0.3, -0.25) is 0 Å². The monoisotopic (exact) mass is 302 g/mol. The van der Waals surface area contributed by atoms with Crippen LogP contribution >= 0.6 is 13.5 Å². The predicted molar refractivity (Wildman–Crippen MR) is 100 cm³/mol. The average molecular weight is 303 g/mol. The zero-order chi connectivity index (χ0) is 14.0. The van der Waals surface area contributed by atoms with E-state index in [4.69, 9.17) is 0 Å². The first-order valence-electron chi connectivity index (χ1n) is 9.41. The highest BCUT2D eigenvalue weighted by molar-refractivity contribution is 7.59. The summed E-state index contributed by atoms with van der Waals surface area (Å²) >= 11 is 0. The van der Waals surface area contributed by atoms with Crippen LogP contribution in [0.4, 0.5) is 0 Å². The molecule has 0 aromatic heterocycles. The van der Waals surface area contributed by atoms with Gasteiger partial charge in [-0.2, -0.15) is 13.5 Å². The number of unbranched alkanes of at least 4 members (excludes halogenated alkanes) is 16. The second-order valence-corrected chi connectivity index (χ2v) is 6.30. The van der Waals surface area contributed by atoms with E-state index in [1.165, 1.54) is 109 Å². The Hall–Kier alpha value is 0.350. The smallest absolute Gasteiger partial charge is 0.0533 e. The van der Waals surface area contributed by atoms with Gasteiger partial charge in [0.2, 0.25) is 0 Å². The fraction of sp³-hybridized carbons (Fsp3) is 1.00. The molecule has 0 aliphatic carbocycles. The van der Waals surface area contributed by atoms with E-state index in [2.05, 4.69) is 13.8 Å². The summed E-state index contributed by atoms with van der Waals surface area (Å²) in [5, 5.41) is 0. The fourth-order valence-corrected chi connectivity index (χ4v) is 2.80. The molecule has 0 N–H and O–H groups in total. The van der Waals surface area contributed by atoms with Crippen LogP contribution in [0, 0.1) is 0 Å². The minimum atomic E-state index is 0. The van der Waals surface area contributed by atoms with Crippen molar-refractivity contribution in [2.45, 2.75) is 123 Å². The SMILES string of the molecule is CCCCCCCCCCCCCCCCCCC.S. The van der Waals surface area contributed by atoms with Gasteiger partial charge >= 0.3 is 0 Å². The Morgan fingerprint density at radius 1 is 0.300 bits per heavy atom. The Morgan fingerprint density at radius 2 is 0.450 bits per heavy atom. The molecule has 0 radical (unpaired) electrons. The van der Waals surface area contributed by atoms with Crippen molar-refractivity contribution in [1.82, 2.24) is 0 Å². The summed E-state index contributed by atoms with van der Waals surface area (Å²) < 4.78 is 0. The molecule has 1 heteroatoms. The number of hydrogen-bond donors (Lipinski definition) is 0. The lowest BCUT2D eigenvalue weighted by Crippen LogP contribution is -1.83. The van der Waals surface area contributed by atoms with Crippen LogP contribution in [0.15, 0.2) is 0 Å². The van der Waals surface area contributed by atoms with Crippen molar-refractivity contribution >= 4 is 13.5 Å². The van der Waals surface area contributed by atoms with E-state index >= 15 is 0 Å². The van der Waals surface area contributed by atoms with Gasteiger partial charge in [-0.05, 0) is 0 Å². The highest BCUT2D eigenvalue weighted by Crippen LogP contribution is 2.13. The maximum Gasteiger partial charge on any atom is -0.0533 e. The van der Waals surface area contributed by atoms with E-state index in [0.29, 0.717) is 0 Å². The first kappa shape index (κ1) is 22.6. The highest BCUT2D eigenvalue weighted by atomic mass is 32.1. The fourth-order valence-electron chi connectivity index (χ4n) is 2.80. The van der Waals surface area contributed by atoms with Gasteiger partial charge in [0.15, 0.2) is 0 Å². The molecule has 0 heterocycles. The maximum absolute atomic E-state index is 2.30. The molecule has 124 valence electrons. The Morgan fingerprint density at radius 3 is 0.600 bits per heavy atom. The van der Waals surface area contributed by atoms with Crippen LogP contribution in [0.2, 0.25) is 0 Å². The van der Waals surface area contributed by atoms with Crippen molar-refractivity contribution < 1.29 is 0 Å². The second-order valence-electron chi connectivity index (χ2n) is 6.30. The van der Waals surface area contributed by atoms with Crippen molar-refractivity contribution in [3.63, 3.8) is 0 Å². The predicted octanol–water partition coefficient (Wildman–Crippen LogP) is 7.77. The van der Waals surface area contributed by atoms with E-state index < -0.39 is 0 Å². The molecule has 0 aromatic rings. The van der Waals surface area contributed by atoms with Crippen LogP contribution in [-0.2, 0) is 0 Å². The van der Waals surface area contributed by atoms with E-state index in [-0.39, 0.29) is 13.5 Å². The van der Waals surface area contributed by atoms with Crippen LogP contribution in [0.25, 0.3) is 0 Å². The van der Waals surface area contributed by atoms with Gasteiger partial charge in [0.25, 0.3) is 0 Å². The minimum absolute atomic E-state index is 0. The molecule has 0 aliphatic rings. The van der Waals surface area contributed by atoms with Crippen LogP contribution in [-0.4, -0.2) is 0 Å². The van der Waals surface area contributed by atoms with Crippen molar-refractivity contribution in [3.8, 4) is 0 Å². The first-order valence-corrected chi connectivity index (χ1v) is 9.41. The molecule has 0 saturated carbocycles. The quantitative estimate of drug-likeness (QED) is 0.255. The first-order chi connectivity index (χ1) is 9.41. The Balaban J connectivity index is 0. The van der Waals surface area contributed by atoms with Crippen LogP contribution in [0.3, 0.4) is 0 Å². The zero-order valence-electron chi connectivity index (χ0n) is 14.5. The van der Waals surface area contributed by atoms with Crippen LogP contribution in [0.5, 0.6) is 0 Å². The zero-order valence-corrected chi connectivity index (χ0v) is 15.5. The van der Waals surface area contributed by atoms with Gasteiger partial charge < -0.3 is 0 Å². The molecular weight excluding hydrogens is 260 g/mol. The molecule has 0 atom stereocenters. The van der Waals surface area contributed by atoms with Gasteiger partial charge in [0.1, 0.15) is 0 Å². The Labute approximate surface area is 137 Å². The molecule has 0 rings (SSSR count). The van der Waals surface area contributed by atoms with E-state index in [1.54, 1.807) is 0 Å². The Bertz CT molecular complexity index is 129. The lowest BCUT2D eigenvalue weighted by molar-refractivity contribution is 0.529. The van der Waals surface area contributed by atoms with Gasteiger partial charge in [-0.1, -0.05) is 123 Å². The largest absolute Gasteiger partial charge is 0.197 e. The van der Waals surface area contributed by atoms with E-state index in [0.717, 1.165) is 0 Å². The summed E-state index contributed by atoms with van der Waals surface area (Å²) in [5.41, 5.74) is 0. The molecule has 0 aliphatic heterocycles. The minimum Gasteiger partial charge on any atom is -0.197 e. The molecule has 0 spiro atoms. The van der Waals surface area contributed by atoms with Gasteiger partial charge in [-0.15, -0.1) is 0 Å². The summed E-state index contributed by atoms with van der Waals surface area (Å²) in [5.74, 6) is 0. The van der Waals surface area contributed by atoms with Crippen LogP contribution < -0.4 is 0 Å². The number of rotatable bonds is 16. The lowest BCUT2D eigenvalue weighted by atomic mass is 10.0. The van der Waals surface area contributed by atoms with Crippen molar-refractivity contribution in [3.05, 3.63) is 0 Å². The van der Waals surface area contributed by atoms with Gasteiger partial charge in [-0.25, -0.2) is 0 Å². The summed E-state index contributed by atoms with van der Waals surface area (Å²) in [6.45, 7) is 4.59. The van der Waals surface area contributed by atoms with E-state index in [1.807, 2.05) is 0 Å². The molecule has 0 bridgehead atoms. The third-order valence-electron chi connectivity index (χ3n) is 4.21. The highest BCUT2D eigenvalue weighted by Gasteiger charge is 1.94. The maximum atomic E-state index is 2.30. The molecule has 0 unspecified atom stereocenters. The third-order valence-corrected chi connectivity index (χ3v) is 4.21. The van der Waals surface area contributed by atoms with Gasteiger partial charge in [0.05, 0.1) is 0 Å².